The second-order valence-electron chi connectivity index (χ2n) is 2.48. The molecule has 2 aliphatic heterocycles. The number of ether oxygens (including phenoxy) is 2. The summed E-state index contributed by atoms with van der Waals surface area (Å²) in [6.45, 7) is 0. The van der Waals surface area contributed by atoms with Gasteiger partial charge in [0, 0.05) is 0 Å². The van der Waals surface area contributed by atoms with Gasteiger partial charge < -0.3 is 9.47 Å². The second-order valence-corrected chi connectivity index (χ2v) is 2.48. The number of nitrogens with one attached hydrogen (secondary N) is 2. The van der Waals surface area contributed by atoms with E-state index < -0.39 is 35.6 Å². The lowest BCUT2D eigenvalue weighted by molar-refractivity contribution is -0.137. The summed E-state index contributed by atoms with van der Waals surface area (Å²) in [6, 6.07) is 0. The highest BCUT2D eigenvalue weighted by Gasteiger charge is 2.53. The molecule has 2 unspecified atom stereocenters. The fourth-order valence-corrected chi connectivity index (χ4v) is 1.13. The van der Waals surface area contributed by atoms with Crippen LogP contribution in [0.3, 0.4) is 0 Å². The molecule has 2 rings (SSSR count). The van der Waals surface area contributed by atoms with Gasteiger partial charge in [0.15, 0.2) is 23.6 Å². The average Bonchev–Trinajstić information content (AvgIpc) is 2.43. The first kappa shape index (κ1) is 6.96. The lowest BCUT2D eigenvalue weighted by atomic mass is 10.1. The van der Waals surface area contributed by atoms with Crippen LogP contribution in [-0.2, 0) is 19.1 Å². The molecule has 0 spiro atoms. The molecule has 0 aromatic rings. The van der Waals surface area contributed by atoms with Crippen LogP contribution in [0, 0.1) is 10.8 Å². The SMILES string of the molecule is N=C1C(=O)OC2C(=N)C(=O)OC12. The largest absolute Gasteiger partial charge is 0.447 e. The van der Waals surface area contributed by atoms with Crippen molar-refractivity contribution in [3.63, 3.8) is 0 Å². The number of carbonyl (C=O) groups is 2. The van der Waals surface area contributed by atoms with Crippen LogP contribution in [0.25, 0.3) is 0 Å². The van der Waals surface area contributed by atoms with E-state index in [1.807, 2.05) is 0 Å². The molecule has 0 aromatic heterocycles. The molecule has 0 radical (unpaired) electrons. The Morgan fingerprint density at radius 2 is 1.25 bits per heavy atom. The molecule has 6 heteroatoms. The molecule has 62 valence electrons. The first-order valence-electron chi connectivity index (χ1n) is 3.20. The molecule has 0 amide bonds. The summed E-state index contributed by atoms with van der Waals surface area (Å²) in [5.41, 5.74) is -0.786. The molecule has 0 aromatic carbocycles. The fourth-order valence-electron chi connectivity index (χ4n) is 1.13. The molecule has 0 saturated carbocycles. The number of fused-ring (bicyclic) bond motifs is 1. The van der Waals surface area contributed by atoms with Crippen LogP contribution >= 0.6 is 0 Å². The van der Waals surface area contributed by atoms with Crippen molar-refractivity contribution in [1.29, 1.82) is 10.8 Å². The molecule has 2 heterocycles. The third-order valence-electron chi connectivity index (χ3n) is 1.75. The zero-order chi connectivity index (χ0) is 8.88. The van der Waals surface area contributed by atoms with Crippen LogP contribution in [0.2, 0.25) is 0 Å². The minimum Gasteiger partial charge on any atom is -0.447 e. The maximum Gasteiger partial charge on any atom is 0.356 e. The van der Waals surface area contributed by atoms with Gasteiger partial charge in [0.1, 0.15) is 0 Å². The highest BCUT2D eigenvalue weighted by Crippen LogP contribution is 2.23. The third-order valence-corrected chi connectivity index (χ3v) is 1.75. The maximum atomic E-state index is 10.7. The first-order chi connectivity index (χ1) is 5.61. The Morgan fingerprint density at radius 1 is 0.917 bits per heavy atom. The van der Waals surface area contributed by atoms with E-state index in [1.165, 1.54) is 0 Å². The molecule has 2 N–H and O–H groups in total. The maximum absolute atomic E-state index is 10.7. The van der Waals surface area contributed by atoms with Gasteiger partial charge in [-0.2, -0.15) is 0 Å². The summed E-state index contributed by atoms with van der Waals surface area (Å²) < 4.78 is 9.09. The van der Waals surface area contributed by atoms with Crippen molar-refractivity contribution in [2.24, 2.45) is 0 Å². The molecule has 0 bridgehead atoms. The van der Waals surface area contributed by atoms with Gasteiger partial charge in [0.2, 0.25) is 0 Å². The van der Waals surface area contributed by atoms with E-state index in [-0.39, 0.29) is 0 Å². The number of hydrogen-bond donors (Lipinski definition) is 2. The summed E-state index contributed by atoms with van der Waals surface area (Å²) in [6.07, 6.45) is -1.98. The van der Waals surface area contributed by atoms with Crippen molar-refractivity contribution in [2.75, 3.05) is 0 Å². The quantitative estimate of drug-likeness (QED) is 0.447. The molecule has 12 heavy (non-hydrogen) atoms. The summed E-state index contributed by atoms with van der Waals surface area (Å²) in [5, 5.41) is 14.2. The minimum atomic E-state index is -0.988. The highest BCUT2D eigenvalue weighted by atomic mass is 16.6. The van der Waals surface area contributed by atoms with E-state index in [1.54, 1.807) is 0 Å². The summed E-state index contributed by atoms with van der Waals surface area (Å²) >= 11 is 0. The van der Waals surface area contributed by atoms with E-state index >= 15 is 0 Å². The van der Waals surface area contributed by atoms with Crippen LogP contribution in [0.4, 0.5) is 0 Å². The second kappa shape index (κ2) is 1.90. The molecule has 2 atom stereocenters. The highest BCUT2D eigenvalue weighted by molar-refractivity contribution is 6.48. The van der Waals surface area contributed by atoms with Gasteiger partial charge in [-0.15, -0.1) is 0 Å². The number of rotatable bonds is 0. The van der Waals surface area contributed by atoms with Crippen LogP contribution in [0.15, 0.2) is 0 Å². The predicted octanol–water partition coefficient (Wildman–Crippen LogP) is -1.12. The molecular formula is C6H4N2O4. The van der Waals surface area contributed by atoms with E-state index in [0.29, 0.717) is 0 Å². The summed E-state index contributed by atoms with van der Waals surface area (Å²) in [7, 11) is 0. The van der Waals surface area contributed by atoms with Gasteiger partial charge >= 0.3 is 11.9 Å². The van der Waals surface area contributed by atoms with E-state index in [0.717, 1.165) is 0 Å². The van der Waals surface area contributed by atoms with Gasteiger partial charge in [0.05, 0.1) is 0 Å². The van der Waals surface area contributed by atoms with Gasteiger partial charge in [-0.05, 0) is 0 Å². The molecule has 2 saturated heterocycles. The van der Waals surface area contributed by atoms with Crippen molar-refractivity contribution < 1.29 is 19.1 Å². The van der Waals surface area contributed by atoms with Gasteiger partial charge in [-0.1, -0.05) is 0 Å². The Balaban J connectivity index is 2.36. The number of hydrogen-bond acceptors (Lipinski definition) is 6. The average molecular weight is 168 g/mol. The minimum absolute atomic E-state index is 0.393. The van der Waals surface area contributed by atoms with Crippen LogP contribution < -0.4 is 0 Å². The predicted molar refractivity (Wildman–Crippen MR) is 35.2 cm³/mol. The topological polar surface area (TPSA) is 100 Å². The van der Waals surface area contributed by atoms with Crippen molar-refractivity contribution in [2.45, 2.75) is 12.2 Å². The monoisotopic (exact) mass is 168 g/mol. The van der Waals surface area contributed by atoms with Crippen LogP contribution in [0.1, 0.15) is 0 Å². The van der Waals surface area contributed by atoms with E-state index in [4.69, 9.17) is 10.8 Å². The van der Waals surface area contributed by atoms with E-state index in [2.05, 4.69) is 9.47 Å². The standard InChI is InChI=1S/C6H4N2O4/c7-1-3-4(12-5(1)9)2(8)6(10)11-3/h3-4,7-8H. The molecule has 0 aliphatic carbocycles. The normalized spacial score (nSPS) is 33.3. The Labute approximate surface area is 66.5 Å². The van der Waals surface area contributed by atoms with Crippen molar-refractivity contribution in [3.05, 3.63) is 0 Å². The van der Waals surface area contributed by atoms with Gasteiger partial charge in [0.25, 0.3) is 0 Å². The smallest absolute Gasteiger partial charge is 0.356 e. The Morgan fingerprint density at radius 3 is 1.58 bits per heavy atom. The van der Waals surface area contributed by atoms with Crippen molar-refractivity contribution >= 4 is 23.4 Å². The third kappa shape index (κ3) is 0.635. The summed E-state index contributed by atoms with van der Waals surface area (Å²) in [4.78, 5) is 21.4. The Kier molecular flexibility index (Phi) is 1.10. The summed E-state index contributed by atoms with van der Waals surface area (Å²) in [5.74, 6) is -1.63. The zero-order valence-corrected chi connectivity index (χ0v) is 5.79. The first-order valence-corrected chi connectivity index (χ1v) is 3.20. The van der Waals surface area contributed by atoms with E-state index in [9.17, 15) is 9.59 Å². The van der Waals surface area contributed by atoms with Crippen molar-refractivity contribution in [1.82, 2.24) is 0 Å². The van der Waals surface area contributed by atoms with Crippen molar-refractivity contribution in [3.8, 4) is 0 Å². The Bertz CT molecular complexity index is 290. The molecule has 2 fully saturated rings. The lowest BCUT2D eigenvalue weighted by Gasteiger charge is -2.00. The van der Waals surface area contributed by atoms with Crippen LogP contribution in [-0.4, -0.2) is 35.6 Å². The van der Waals surface area contributed by atoms with Crippen LogP contribution in [0.5, 0.6) is 0 Å². The zero-order valence-electron chi connectivity index (χ0n) is 5.79. The van der Waals surface area contributed by atoms with Gasteiger partial charge in [-0.25, -0.2) is 9.59 Å². The molecule has 2 aliphatic rings. The fraction of sp³-hybridized carbons (Fsp3) is 0.333. The van der Waals surface area contributed by atoms with Gasteiger partial charge in [-0.3, -0.25) is 10.8 Å². The lowest BCUT2D eigenvalue weighted by Crippen LogP contribution is -2.25. The molecular weight excluding hydrogens is 164 g/mol. The Hall–Kier alpha value is -1.72. The molecule has 6 nitrogen and oxygen atoms in total. The number of carbonyl (C=O) groups excluding carboxylic acids is 2. The number of esters is 2.